The molecule has 0 fully saturated rings. The predicted octanol–water partition coefficient (Wildman–Crippen LogP) is 4.61. The molecule has 196 valence electrons. The van der Waals surface area contributed by atoms with Crippen molar-refractivity contribution in [2.75, 3.05) is 14.2 Å². The Hall–Kier alpha value is -3.24. The molecule has 0 unspecified atom stereocenters. The van der Waals surface area contributed by atoms with Gasteiger partial charge in [-0.25, -0.2) is 14.4 Å². The highest BCUT2D eigenvalue weighted by Gasteiger charge is 2.36. The van der Waals surface area contributed by atoms with Crippen LogP contribution in [-0.2, 0) is 35.2 Å². The van der Waals surface area contributed by atoms with Gasteiger partial charge in [-0.2, -0.15) is 0 Å². The number of rotatable bonds is 10. The van der Waals surface area contributed by atoms with E-state index >= 15 is 0 Å². The molecule has 2 atom stereocenters. The number of methoxy groups -OCH3 is 2. The van der Waals surface area contributed by atoms with Crippen molar-refractivity contribution in [2.24, 2.45) is 5.92 Å². The number of carbonyl (C=O) groups is 4. The zero-order chi connectivity index (χ0) is 26.9. The molecule has 3 rings (SSSR count). The molecule has 0 saturated carbocycles. The molecule has 0 radical (unpaired) electrons. The first-order chi connectivity index (χ1) is 17.8. The molecule has 1 amide bonds. The molecule has 0 aromatic heterocycles. The van der Waals surface area contributed by atoms with E-state index in [1.807, 2.05) is 44.2 Å². The van der Waals surface area contributed by atoms with Gasteiger partial charge in [0.1, 0.15) is 22.5 Å². The number of amides is 1. The summed E-state index contributed by atoms with van der Waals surface area (Å²) in [6.45, 7) is 3.96. The third-order valence-corrected chi connectivity index (χ3v) is 8.71. The average molecular weight is 544 g/mol. The van der Waals surface area contributed by atoms with E-state index in [1.165, 1.54) is 37.7 Å². The van der Waals surface area contributed by atoms with Gasteiger partial charge in [0, 0.05) is 5.56 Å². The van der Waals surface area contributed by atoms with E-state index in [2.05, 4.69) is 5.32 Å². The lowest BCUT2D eigenvalue weighted by Crippen LogP contribution is -2.45. The zero-order valence-electron chi connectivity index (χ0n) is 21.0. The highest BCUT2D eigenvalue weighted by molar-refractivity contribution is 8.23. The minimum atomic E-state index is -0.795. The van der Waals surface area contributed by atoms with Crippen molar-refractivity contribution in [3.63, 3.8) is 0 Å². The Morgan fingerprint density at radius 1 is 0.892 bits per heavy atom. The van der Waals surface area contributed by atoms with Crippen molar-refractivity contribution in [1.29, 1.82) is 0 Å². The number of esters is 3. The molecule has 0 spiro atoms. The number of benzene rings is 2. The summed E-state index contributed by atoms with van der Waals surface area (Å²) in [5.41, 5.74) is 2.03. The molecular formula is C27H29NO7S2. The van der Waals surface area contributed by atoms with E-state index < -0.39 is 29.9 Å². The van der Waals surface area contributed by atoms with Crippen LogP contribution in [-0.4, -0.2) is 44.1 Å². The Kier molecular flexibility index (Phi) is 10.2. The largest absolute Gasteiger partial charge is 0.465 e. The number of hydrogen-bond acceptors (Lipinski definition) is 9. The van der Waals surface area contributed by atoms with Crippen LogP contribution in [0.15, 0.2) is 64.4 Å². The van der Waals surface area contributed by atoms with Gasteiger partial charge in [-0.1, -0.05) is 86.3 Å². The SMILES string of the molecule is CC[C@H](C)[C@H](NC(=O)c1ccc(C2SC(C(=O)OC)=C(C(=O)OC)S2)cc1)C(=O)OCc1ccccc1. The van der Waals surface area contributed by atoms with E-state index in [0.29, 0.717) is 12.0 Å². The van der Waals surface area contributed by atoms with Crippen LogP contribution in [0.2, 0.25) is 0 Å². The van der Waals surface area contributed by atoms with Crippen LogP contribution >= 0.6 is 23.5 Å². The van der Waals surface area contributed by atoms with Crippen molar-refractivity contribution in [3.8, 4) is 0 Å². The van der Waals surface area contributed by atoms with Crippen LogP contribution in [0.1, 0.15) is 46.3 Å². The second-order valence-corrected chi connectivity index (χ2v) is 10.8. The number of ether oxygens (including phenoxy) is 3. The Bertz CT molecular complexity index is 1140. The maximum atomic E-state index is 13.0. The van der Waals surface area contributed by atoms with Crippen LogP contribution < -0.4 is 5.32 Å². The van der Waals surface area contributed by atoms with Gasteiger partial charge in [0.15, 0.2) is 0 Å². The summed E-state index contributed by atoms with van der Waals surface area (Å²) in [7, 11) is 2.50. The smallest absolute Gasteiger partial charge is 0.345 e. The summed E-state index contributed by atoms with van der Waals surface area (Å²) < 4.78 is 14.8. The minimum absolute atomic E-state index is 0.127. The first-order valence-electron chi connectivity index (χ1n) is 11.6. The first-order valence-corrected chi connectivity index (χ1v) is 13.4. The Morgan fingerprint density at radius 3 is 1.97 bits per heavy atom. The fourth-order valence-electron chi connectivity index (χ4n) is 3.45. The summed E-state index contributed by atoms with van der Waals surface area (Å²) in [4.78, 5) is 50.4. The fourth-order valence-corrected chi connectivity index (χ4v) is 6.27. The summed E-state index contributed by atoms with van der Waals surface area (Å²) in [6.07, 6.45) is 0.679. The summed E-state index contributed by atoms with van der Waals surface area (Å²) in [5.74, 6) is -2.22. The van der Waals surface area contributed by atoms with Crippen molar-refractivity contribution in [2.45, 2.75) is 37.5 Å². The van der Waals surface area contributed by atoms with E-state index in [4.69, 9.17) is 14.2 Å². The molecule has 37 heavy (non-hydrogen) atoms. The molecule has 1 N–H and O–H groups in total. The van der Waals surface area contributed by atoms with Crippen LogP contribution in [0.4, 0.5) is 0 Å². The molecule has 0 aliphatic carbocycles. The molecular weight excluding hydrogens is 514 g/mol. The van der Waals surface area contributed by atoms with E-state index in [0.717, 1.165) is 11.1 Å². The molecule has 0 bridgehead atoms. The molecule has 1 heterocycles. The quantitative estimate of drug-likeness (QED) is 0.339. The van der Waals surface area contributed by atoms with Crippen molar-refractivity contribution >= 4 is 47.3 Å². The lowest BCUT2D eigenvalue weighted by atomic mass is 9.98. The first kappa shape index (κ1) is 28.3. The van der Waals surface area contributed by atoms with Gasteiger partial charge in [-0.3, -0.25) is 4.79 Å². The maximum Gasteiger partial charge on any atom is 0.345 e. The van der Waals surface area contributed by atoms with Crippen LogP contribution in [0.25, 0.3) is 0 Å². The molecule has 1 aliphatic rings. The molecule has 2 aromatic carbocycles. The molecule has 8 nitrogen and oxygen atoms in total. The van der Waals surface area contributed by atoms with Crippen molar-refractivity contribution in [3.05, 3.63) is 81.1 Å². The Morgan fingerprint density at radius 2 is 1.46 bits per heavy atom. The number of nitrogens with one attached hydrogen (secondary N) is 1. The molecule has 2 aromatic rings. The molecule has 1 aliphatic heterocycles. The van der Waals surface area contributed by atoms with E-state index in [1.54, 1.807) is 24.3 Å². The maximum absolute atomic E-state index is 13.0. The van der Waals surface area contributed by atoms with Crippen LogP contribution in [0.5, 0.6) is 0 Å². The number of hydrogen-bond donors (Lipinski definition) is 1. The summed E-state index contributed by atoms with van der Waals surface area (Å²) >= 11 is 2.39. The van der Waals surface area contributed by atoms with E-state index in [-0.39, 0.29) is 26.9 Å². The van der Waals surface area contributed by atoms with Gasteiger partial charge in [0.25, 0.3) is 5.91 Å². The minimum Gasteiger partial charge on any atom is -0.465 e. The second kappa shape index (κ2) is 13.3. The molecule has 10 heteroatoms. The lowest BCUT2D eigenvalue weighted by Gasteiger charge is -2.23. The number of carbonyl (C=O) groups excluding carboxylic acids is 4. The topological polar surface area (TPSA) is 108 Å². The van der Waals surface area contributed by atoms with Gasteiger partial charge >= 0.3 is 17.9 Å². The van der Waals surface area contributed by atoms with Crippen LogP contribution in [0.3, 0.4) is 0 Å². The van der Waals surface area contributed by atoms with Crippen molar-refractivity contribution in [1.82, 2.24) is 5.32 Å². The average Bonchev–Trinajstić information content (AvgIpc) is 3.39. The zero-order valence-corrected chi connectivity index (χ0v) is 22.6. The molecule has 0 saturated heterocycles. The normalized spacial score (nSPS) is 15.0. The standard InChI is InChI=1S/C27H29NO7S2/c1-5-16(2)20(24(30)35-15-17-9-7-6-8-10-17)28-23(29)18-11-13-19(14-12-18)27-36-21(25(31)33-3)22(37-27)26(32)34-4/h6-14,16,20,27H,5,15H2,1-4H3,(H,28,29)/t16-,20-/m0/s1. The van der Waals surface area contributed by atoms with Crippen molar-refractivity contribution < 1.29 is 33.4 Å². The van der Waals surface area contributed by atoms with Crippen LogP contribution in [0, 0.1) is 5.92 Å². The monoisotopic (exact) mass is 543 g/mol. The Balaban J connectivity index is 1.67. The van der Waals surface area contributed by atoms with Gasteiger partial charge in [0.05, 0.1) is 18.8 Å². The van der Waals surface area contributed by atoms with E-state index in [9.17, 15) is 19.2 Å². The highest BCUT2D eigenvalue weighted by atomic mass is 32.2. The third-order valence-electron chi connectivity index (χ3n) is 5.82. The van der Waals surface area contributed by atoms with Gasteiger partial charge in [-0.15, -0.1) is 0 Å². The Labute approximate surface area is 224 Å². The summed E-state index contributed by atoms with van der Waals surface area (Å²) in [6, 6.07) is 15.3. The highest BCUT2D eigenvalue weighted by Crippen LogP contribution is 2.55. The number of thioether (sulfide) groups is 2. The van der Waals surface area contributed by atoms with Gasteiger partial charge in [-0.05, 0) is 29.2 Å². The fraction of sp³-hybridized carbons (Fsp3) is 0.333. The summed E-state index contributed by atoms with van der Waals surface area (Å²) in [5, 5.41) is 2.81. The predicted molar refractivity (Wildman–Crippen MR) is 142 cm³/mol. The van der Waals surface area contributed by atoms with Gasteiger partial charge in [0.2, 0.25) is 0 Å². The lowest BCUT2D eigenvalue weighted by molar-refractivity contribution is -0.148. The van der Waals surface area contributed by atoms with Gasteiger partial charge < -0.3 is 19.5 Å². The second-order valence-electron chi connectivity index (χ2n) is 8.26. The third kappa shape index (κ3) is 7.17.